The molecule has 0 spiro atoms. The van der Waals surface area contributed by atoms with E-state index in [1.165, 1.54) is 32.4 Å². The molecule has 1 heterocycles. The number of rotatable bonds is 4. The third kappa shape index (κ3) is 4.46. The number of piperidine rings is 1. The van der Waals surface area contributed by atoms with E-state index >= 15 is 0 Å². The smallest absolute Gasteiger partial charge is 0.0198 e. The van der Waals surface area contributed by atoms with Crippen molar-refractivity contribution < 1.29 is 0 Å². The highest BCUT2D eigenvalue weighted by Crippen LogP contribution is 2.35. The summed E-state index contributed by atoms with van der Waals surface area (Å²) < 4.78 is 0. The molecule has 0 aromatic carbocycles. The molecule has 1 saturated heterocycles. The van der Waals surface area contributed by atoms with Gasteiger partial charge in [-0.2, -0.15) is 0 Å². The Labute approximate surface area is 126 Å². The zero-order valence-electron chi connectivity index (χ0n) is 14.6. The Balaban J connectivity index is 1.90. The minimum atomic E-state index is 0.389. The van der Waals surface area contributed by atoms with Gasteiger partial charge in [0.15, 0.2) is 0 Å². The third-order valence-corrected chi connectivity index (χ3v) is 5.24. The van der Waals surface area contributed by atoms with Crippen LogP contribution in [0.2, 0.25) is 0 Å². The van der Waals surface area contributed by atoms with Crippen LogP contribution >= 0.6 is 0 Å². The van der Waals surface area contributed by atoms with Gasteiger partial charge in [0.2, 0.25) is 0 Å². The first-order chi connectivity index (χ1) is 9.24. The molecule has 0 radical (unpaired) electrons. The van der Waals surface area contributed by atoms with Crippen LogP contribution in [0.1, 0.15) is 60.8 Å². The average molecular weight is 281 g/mol. The first-order valence-electron chi connectivity index (χ1n) is 8.72. The lowest BCUT2D eigenvalue weighted by molar-refractivity contribution is 0.0220. The van der Waals surface area contributed by atoms with Gasteiger partial charge in [0.25, 0.3) is 0 Å². The summed E-state index contributed by atoms with van der Waals surface area (Å²) in [5.74, 6) is 2.65. The Kier molecular flexibility index (Phi) is 5.18. The summed E-state index contributed by atoms with van der Waals surface area (Å²) in [6, 6.07) is 1.58. The van der Waals surface area contributed by atoms with Gasteiger partial charge in [-0.05, 0) is 42.4 Å². The highest BCUT2D eigenvalue weighted by atomic mass is 15.2. The molecule has 118 valence electrons. The molecular formula is C18H36N2. The molecule has 20 heavy (non-hydrogen) atoms. The zero-order valence-corrected chi connectivity index (χ0v) is 14.6. The maximum absolute atomic E-state index is 3.85. The van der Waals surface area contributed by atoms with E-state index in [4.69, 9.17) is 0 Å². The normalized spacial score (nSPS) is 36.1. The molecule has 1 saturated carbocycles. The van der Waals surface area contributed by atoms with Gasteiger partial charge in [0.05, 0.1) is 0 Å². The van der Waals surface area contributed by atoms with Crippen molar-refractivity contribution in [3.05, 3.63) is 0 Å². The van der Waals surface area contributed by atoms with E-state index in [2.05, 4.69) is 51.8 Å². The van der Waals surface area contributed by atoms with Gasteiger partial charge in [-0.25, -0.2) is 0 Å². The van der Waals surface area contributed by atoms with Gasteiger partial charge < -0.3 is 5.32 Å². The van der Waals surface area contributed by atoms with Crippen molar-refractivity contribution in [1.82, 2.24) is 10.2 Å². The molecule has 2 atom stereocenters. The first kappa shape index (κ1) is 16.3. The van der Waals surface area contributed by atoms with Gasteiger partial charge in [0.1, 0.15) is 0 Å². The van der Waals surface area contributed by atoms with Crippen LogP contribution in [0.3, 0.4) is 0 Å². The van der Waals surface area contributed by atoms with Crippen molar-refractivity contribution in [1.29, 1.82) is 0 Å². The molecule has 0 amide bonds. The summed E-state index contributed by atoms with van der Waals surface area (Å²) in [4.78, 5) is 2.80. The fraction of sp³-hybridized carbons (Fsp3) is 1.00. The molecule has 2 nitrogen and oxygen atoms in total. The Bertz CT molecular complexity index is 299. The fourth-order valence-electron chi connectivity index (χ4n) is 3.71. The zero-order chi connectivity index (χ0) is 14.9. The highest BCUT2D eigenvalue weighted by Gasteiger charge is 2.37. The number of hydrogen-bond donors (Lipinski definition) is 1. The molecular weight excluding hydrogens is 244 g/mol. The Morgan fingerprint density at radius 3 is 2.25 bits per heavy atom. The molecule has 1 aliphatic carbocycles. The monoisotopic (exact) mass is 280 g/mol. The van der Waals surface area contributed by atoms with E-state index in [-0.39, 0.29) is 0 Å². The van der Waals surface area contributed by atoms with Crippen molar-refractivity contribution >= 4 is 0 Å². The van der Waals surface area contributed by atoms with Gasteiger partial charge in [-0.1, -0.05) is 41.5 Å². The Morgan fingerprint density at radius 2 is 1.75 bits per heavy atom. The summed E-state index contributed by atoms with van der Waals surface area (Å²) in [7, 11) is 0. The molecule has 0 aromatic rings. The molecule has 2 fully saturated rings. The van der Waals surface area contributed by atoms with Gasteiger partial charge >= 0.3 is 0 Å². The molecule has 0 bridgehead atoms. The van der Waals surface area contributed by atoms with Crippen molar-refractivity contribution in [3.8, 4) is 0 Å². The van der Waals surface area contributed by atoms with Crippen molar-refractivity contribution in [2.75, 3.05) is 19.6 Å². The summed E-state index contributed by atoms with van der Waals surface area (Å²) in [5, 5.41) is 3.85. The summed E-state index contributed by atoms with van der Waals surface area (Å²) in [5.41, 5.74) is 0.389. The standard InChI is InChI=1S/C18H36N2/c1-13(2)15-9-16(19-12-18(4,5)6)11-20(10-15)17-7-14(3)8-17/h13-17,19H,7-12H2,1-6H3. The maximum Gasteiger partial charge on any atom is 0.0198 e. The molecule has 2 unspecified atom stereocenters. The first-order valence-corrected chi connectivity index (χ1v) is 8.72. The molecule has 0 aromatic heterocycles. The average Bonchev–Trinajstić information content (AvgIpc) is 2.31. The lowest BCUT2D eigenvalue weighted by Crippen LogP contribution is -2.57. The largest absolute Gasteiger partial charge is 0.312 e. The van der Waals surface area contributed by atoms with E-state index in [9.17, 15) is 0 Å². The minimum Gasteiger partial charge on any atom is -0.312 e. The third-order valence-electron chi connectivity index (χ3n) is 5.24. The second kappa shape index (κ2) is 6.36. The van der Waals surface area contributed by atoms with E-state index < -0.39 is 0 Å². The molecule has 1 N–H and O–H groups in total. The van der Waals surface area contributed by atoms with Crippen LogP contribution in [0.5, 0.6) is 0 Å². The van der Waals surface area contributed by atoms with Crippen LogP contribution in [-0.4, -0.2) is 36.6 Å². The van der Waals surface area contributed by atoms with Gasteiger partial charge in [-0.3, -0.25) is 4.90 Å². The number of nitrogens with one attached hydrogen (secondary N) is 1. The topological polar surface area (TPSA) is 15.3 Å². The predicted molar refractivity (Wildman–Crippen MR) is 87.9 cm³/mol. The molecule has 2 rings (SSSR count). The molecule has 2 aliphatic rings. The quantitative estimate of drug-likeness (QED) is 0.843. The maximum atomic E-state index is 3.85. The molecule has 2 heteroatoms. The number of nitrogens with zero attached hydrogens (tertiary/aromatic N) is 1. The van der Waals surface area contributed by atoms with Gasteiger partial charge in [0, 0.05) is 31.7 Å². The van der Waals surface area contributed by atoms with Crippen molar-refractivity contribution in [2.24, 2.45) is 23.2 Å². The minimum absolute atomic E-state index is 0.389. The summed E-state index contributed by atoms with van der Waals surface area (Å²) in [6.07, 6.45) is 4.22. The van der Waals surface area contributed by atoms with Crippen LogP contribution in [0.15, 0.2) is 0 Å². The van der Waals surface area contributed by atoms with Crippen LogP contribution in [0, 0.1) is 23.2 Å². The van der Waals surface area contributed by atoms with E-state index in [0.29, 0.717) is 11.5 Å². The summed E-state index contributed by atoms with van der Waals surface area (Å²) >= 11 is 0. The van der Waals surface area contributed by atoms with Gasteiger partial charge in [-0.15, -0.1) is 0 Å². The SMILES string of the molecule is CC1CC(N2CC(NCC(C)(C)C)CC(C(C)C)C2)C1. The van der Waals surface area contributed by atoms with E-state index in [0.717, 1.165) is 30.3 Å². The highest BCUT2D eigenvalue weighted by molar-refractivity contribution is 4.93. The second-order valence-electron chi connectivity index (χ2n) is 9.06. The van der Waals surface area contributed by atoms with E-state index in [1.54, 1.807) is 0 Å². The van der Waals surface area contributed by atoms with Crippen molar-refractivity contribution in [2.45, 2.75) is 72.9 Å². The van der Waals surface area contributed by atoms with Crippen LogP contribution in [0.4, 0.5) is 0 Å². The van der Waals surface area contributed by atoms with E-state index in [1.807, 2.05) is 0 Å². The van der Waals surface area contributed by atoms with Crippen LogP contribution in [-0.2, 0) is 0 Å². The lowest BCUT2D eigenvalue weighted by Gasteiger charge is -2.48. The fourth-order valence-corrected chi connectivity index (χ4v) is 3.71. The van der Waals surface area contributed by atoms with Crippen LogP contribution in [0.25, 0.3) is 0 Å². The Hall–Kier alpha value is -0.0800. The summed E-state index contributed by atoms with van der Waals surface area (Å²) in [6.45, 7) is 17.9. The molecule has 1 aliphatic heterocycles. The van der Waals surface area contributed by atoms with Crippen LogP contribution < -0.4 is 5.32 Å². The number of likely N-dealkylation sites (tertiary alicyclic amines) is 1. The second-order valence-corrected chi connectivity index (χ2v) is 9.06. The predicted octanol–water partition coefficient (Wildman–Crippen LogP) is 3.77. The van der Waals surface area contributed by atoms with Crippen molar-refractivity contribution in [3.63, 3.8) is 0 Å². The lowest BCUT2D eigenvalue weighted by atomic mass is 9.77. The number of hydrogen-bond acceptors (Lipinski definition) is 2. The Morgan fingerprint density at radius 1 is 1.10 bits per heavy atom.